The molecule has 2 saturated heterocycles. The van der Waals surface area contributed by atoms with Crippen molar-refractivity contribution in [1.82, 2.24) is 14.7 Å². The summed E-state index contributed by atoms with van der Waals surface area (Å²) in [5.74, 6) is -0.648. The molecule has 7 nitrogen and oxygen atoms in total. The summed E-state index contributed by atoms with van der Waals surface area (Å²) in [4.78, 5) is 40.8. The van der Waals surface area contributed by atoms with Crippen molar-refractivity contribution in [3.8, 4) is 5.75 Å². The lowest BCUT2D eigenvalue weighted by Gasteiger charge is -2.28. The van der Waals surface area contributed by atoms with Gasteiger partial charge in [-0.1, -0.05) is 19.1 Å². The molecule has 2 aliphatic heterocycles. The van der Waals surface area contributed by atoms with Gasteiger partial charge in [0.1, 0.15) is 5.75 Å². The molecular weight excluding hydrogens is 322 g/mol. The minimum atomic E-state index is -0.723. The lowest BCUT2D eigenvalue weighted by Crippen LogP contribution is -2.42. The van der Waals surface area contributed by atoms with Crippen molar-refractivity contribution >= 4 is 17.8 Å². The van der Waals surface area contributed by atoms with Crippen LogP contribution in [0.25, 0.3) is 0 Å². The van der Waals surface area contributed by atoms with E-state index in [1.165, 1.54) is 0 Å². The fraction of sp³-hybridized carbons (Fsp3) is 0.500. The van der Waals surface area contributed by atoms with Crippen molar-refractivity contribution in [2.24, 2.45) is 0 Å². The van der Waals surface area contributed by atoms with Crippen molar-refractivity contribution < 1.29 is 19.1 Å². The van der Waals surface area contributed by atoms with Gasteiger partial charge in [0.2, 0.25) is 0 Å². The van der Waals surface area contributed by atoms with Gasteiger partial charge in [0, 0.05) is 19.1 Å². The maximum atomic E-state index is 12.4. The Bertz CT molecular complexity index is 673. The second kappa shape index (κ2) is 7.23. The first-order chi connectivity index (χ1) is 12.1. The highest BCUT2D eigenvalue weighted by Crippen LogP contribution is 2.33. The number of carbonyl (C=O) groups excluding carboxylic acids is 3. The first-order valence-electron chi connectivity index (χ1n) is 8.62. The molecule has 3 rings (SSSR count). The van der Waals surface area contributed by atoms with Crippen LogP contribution in [0.3, 0.4) is 0 Å². The number of carbonyl (C=O) groups is 3. The zero-order chi connectivity index (χ0) is 18.0. The number of nitrogens with zero attached hydrogens (tertiary/aromatic N) is 3. The van der Waals surface area contributed by atoms with Crippen LogP contribution in [0.2, 0.25) is 0 Å². The van der Waals surface area contributed by atoms with Gasteiger partial charge in [-0.3, -0.25) is 19.4 Å². The lowest BCUT2D eigenvalue weighted by molar-refractivity contribution is -0.144. The number of hydrogen-bond acceptors (Lipinski definition) is 5. The van der Waals surface area contributed by atoms with Crippen LogP contribution in [0.1, 0.15) is 37.8 Å². The lowest BCUT2D eigenvalue weighted by atomic mass is 10.0. The summed E-state index contributed by atoms with van der Waals surface area (Å²) in [6, 6.07) is 7.45. The normalized spacial score (nSPS) is 21.5. The predicted octanol–water partition coefficient (Wildman–Crippen LogP) is 1.99. The van der Waals surface area contributed by atoms with Crippen molar-refractivity contribution in [2.45, 2.75) is 32.2 Å². The van der Waals surface area contributed by atoms with E-state index in [1.54, 1.807) is 7.11 Å². The standard InChI is InChI=1S/C18H23N3O4/c1-3-10-20-16(22)17(23)21(18(20)24)12-19-11-4-5-15(19)13-6-8-14(25-2)9-7-13/h6-9,15H,3-5,10-12H2,1-2H3/t15-/m0/s1. The van der Waals surface area contributed by atoms with Gasteiger partial charge in [0.05, 0.1) is 13.8 Å². The van der Waals surface area contributed by atoms with E-state index < -0.39 is 17.8 Å². The van der Waals surface area contributed by atoms with E-state index in [4.69, 9.17) is 4.74 Å². The highest BCUT2D eigenvalue weighted by molar-refractivity contribution is 6.44. The fourth-order valence-corrected chi connectivity index (χ4v) is 3.48. The Kier molecular flexibility index (Phi) is 5.03. The Labute approximate surface area is 147 Å². The van der Waals surface area contributed by atoms with Crippen molar-refractivity contribution in [3.63, 3.8) is 0 Å². The summed E-state index contributed by atoms with van der Waals surface area (Å²) in [6.45, 7) is 3.09. The van der Waals surface area contributed by atoms with Crippen LogP contribution in [-0.2, 0) is 9.59 Å². The Morgan fingerprint density at radius 2 is 1.76 bits per heavy atom. The largest absolute Gasteiger partial charge is 0.497 e. The number of ether oxygens (including phenoxy) is 1. The molecule has 0 bridgehead atoms. The Morgan fingerprint density at radius 1 is 1.08 bits per heavy atom. The number of likely N-dealkylation sites (tertiary alicyclic amines) is 1. The molecule has 0 radical (unpaired) electrons. The highest BCUT2D eigenvalue weighted by atomic mass is 16.5. The van der Waals surface area contributed by atoms with Crippen molar-refractivity contribution in [3.05, 3.63) is 29.8 Å². The monoisotopic (exact) mass is 345 g/mol. The van der Waals surface area contributed by atoms with Crippen LogP contribution in [0.15, 0.2) is 24.3 Å². The van der Waals surface area contributed by atoms with Gasteiger partial charge in [0.15, 0.2) is 0 Å². The maximum absolute atomic E-state index is 12.4. The molecule has 1 atom stereocenters. The number of methoxy groups -OCH3 is 1. The van der Waals surface area contributed by atoms with Crippen LogP contribution in [0.4, 0.5) is 4.79 Å². The van der Waals surface area contributed by atoms with E-state index in [2.05, 4.69) is 4.90 Å². The summed E-state index contributed by atoms with van der Waals surface area (Å²) >= 11 is 0. The first kappa shape index (κ1) is 17.4. The van der Waals surface area contributed by atoms with Crippen molar-refractivity contribution in [1.29, 1.82) is 0 Å². The van der Waals surface area contributed by atoms with Gasteiger partial charge < -0.3 is 4.74 Å². The summed E-state index contributed by atoms with van der Waals surface area (Å²) in [5.41, 5.74) is 1.12. The molecule has 0 aliphatic carbocycles. The second-order valence-electron chi connectivity index (χ2n) is 6.36. The van der Waals surface area contributed by atoms with Crippen LogP contribution >= 0.6 is 0 Å². The van der Waals surface area contributed by atoms with Gasteiger partial charge in [-0.25, -0.2) is 9.69 Å². The average molecular weight is 345 g/mol. The smallest absolute Gasteiger partial charge is 0.335 e. The van der Waals surface area contributed by atoms with Gasteiger partial charge in [-0.15, -0.1) is 0 Å². The third kappa shape index (κ3) is 3.24. The number of rotatable bonds is 6. The minimum absolute atomic E-state index is 0.127. The molecule has 0 unspecified atom stereocenters. The topological polar surface area (TPSA) is 70.2 Å². The fourth-order valence-electron chi connectivity index (χ4n) is 3.48. The van der Waals surface area contributed by atoms with E-state index in [0.717, 1.165) is 40.5 Å². The number of imide groups is 2. The summed E-state index contributed by atoms with van der Waals surface area (Å²) in [7, 11) is 1.63. The molecule has 4 amide bonds. The van der Waals surface area contributed by atoms with Crippen LogP contribution in [0.5, 0.6) is 5.75 Å². The van der Waals surface area contributed by atoms with Crippen LogP contribution < -0.4 is 4.74 Å². The third-order valence-corrected chi connectivity index (χ3v) is 4.77. The van der Waals surface area contributed by atoms with E-state index in [1.807, 2.05) is 31.2 Å². The summed E-state index contributed by atoms with van der Waals surface area (Å²) < 4.78 is 5.19. The maximum Gasteiger partial charge on any atom is 0.335 e. The van der Waals surface area contributed by atoms with E-state index in [9.17, 15) is 14.4 Å². The molecular formula is C18H23N3O4. The van der Waals surface area contributed by atoms with E-state index in [0.29, 0.717) is 6.42 Å². The van der Waals surface area contributed by atoms with Gasteiger partial charge in [-0.05, 0) is 37.0 Å². The molecule has 2 aliphatic rings. The van der Waals surface area contributed by atoms with Crippen LogP contribution in [0, 0.1) is 0 Å². The van der Waals surface area contributed by atoms with E-state index in [-0.39, 0.29) is 19.3 Å². The number of urea groups is 1. The van der Waals surface area contributed by atoms with Crippen LogP contribution in [-0.4, -0.2) is 59.4 Å². The molecule has 7 heteroatoms. The van der Waals surface area contributed by atoms with E-state index >= 15 is 0 Å². The molecule has 0 aromatic heterocycles. The molecule has 134 valence electrons. The Morgan fingerprint density at radius 3 is 2.40 bits per heavy atom. The third-order valence-electron chi connectivity index (χ3n) is 4.77. The zero-order valence-corrected chi connectivity index (χ0v) is 14.6. The SMILES string of the molecule is CCCN1C(=O)C(=O)N(CN2CCC[C@H]2c2ccc(OC)cc2)C1=O. The summed E-state index contributed by atoms with van der Waals surface area (Å²) in [6.07, 6.45) is 2.57. The quantitative estimate of drug-likeness (QED) is 0.582. The highest BCUT2D eigenvalue weighted by Gasteiger charge is 2.45. The zero-order valence-electron chi connectivity index (χ0n) is 14.6. The minimum Gasteiger partial charge on any atom is -0.497 e. The number of hydrogen-bond donors (Lipinski definition) is 0. The average Bonchev–Trinajstić information content (AvgIpc) is 3.17. The predicted molar refractivity (Wildman–Crippen MR) is 90.8 cm³/mol. The van der Waals surface area contributed by atoms with Gasteiger partial charge in [0.25, 0.3) is 0 Å². The van der Waals surface area contributed by atoms with Crippen molar-refractivity contribution in [2.75, 3.05) is 26.9 Å². The molecule has 2 heterocycles. The van der Waals surface area contributed by atoms with Gasteiger partial charge >= 0.3 is 17.8 Å². The molecule has 0 spiro atoms. The second-order valence-corrected chi connectivity index (χ2v) is 6.36. The summed E-state index contributed by atoms with van der Waals surface area (Å²) in [5, 5.41) is 0. The van der Waals surface area contributed by atoms with Gasteiger partial charge in [-0.2, -0.15) is 0 Å². The molecule has 0 N–H and O–H groups in total. The Balaban J connectivity index is 1.73. The Hall–Kier alpha value is -2.41. The molecule has 1 aromatic carbocycles. The molecule has 0 saturated carbocycles. The first-order valence-corrected chi connectivity index (χ1v) is 8.62. The number of amides is 4. The molecule has 2 fully saturated rings. The number of benzene rings is 1. The molecule has 25 heavy (non-hydrogen) atoms. The molecule has 1 aromatic rings.